The van der Waals surface area contributed by atoms with Crippen LogP contribution in [0.15, 0.2) is 59.3 Å². The van der Waals surface area contributed by atoms with Crippen LogP contribution in [0.4, 0.5) is 21.6 Å². The highest BCUT2D eigenvalue weighted by atomic mass is 35.5. The van der Waals surface area contributed by atoms with Crippen molar-refractivity contribution in [3.05, 3.63) is 65.7 Å². The summed E-state index contributed by atoms with van der Waals surface area (Å²) in [6.45, 7) is 0. The van der Waals surface area contributed by atoms with Gasteiger partial charge in [0.15, 0.2) is 0 Å². The number of benzene rings is 1. The van der Waals surface area contributed by atoms with E-state index in [0.29, 0.717) is 28.2 Å². The van der Waals surface area contributed by atoms with Crippen LogP contribution in [0.2, 0.25) is 5.02 Å². The lowest BCUT2D eigenvalue weighted by Crippen LogP contribution is -1.94. The van der Waals surface area contributed by atoms with Gasteiger partial charge in [-0.1, -0.05) is 17.7 Å². The van der Waals surface area contributed by atoms with Crippen molar-refractivity contribution < 1.29 is 13.5 Å². The summed E-state index contributed by atoms with van der Waals surface area (Å²) in [5.74, 6) is 0.247. The Morgan fingerprint density at radius 1 is 1.12 bits per heavy atom. The van der Waals surface area contributed by atoms with Crippen LogP contribution in [0.1, 0.15) is 0 Å². The van der Waals surface area contributed by atoms with Gasteiger partial charge >= 0.3 is 0 Å². The molecule has 0 saturated heterocycles. The van der Waals surface area contributed by atoms with Crippen LogP contribution in [0.25, 0.3) is 11.0 Å². The average molecular weight is 371 g/mol. The van der Waals surface area contributed by atoms with Crippen LogP contribution in [0, 0.1) is 5.82 Å². The molecular weight excluding hydrogens is 359 g/mol. The van der Waals surface area contributed by atoms with E-state index in [2.05, 4.69) is 15.3 Å². The molecule has 0 saturated carbocycles. The number of furan rings is 1. The second-order valence-corrected chi connectivity index (χ2v) is 5.77. The minimum absolute atomic E-state index is 0.00205. The molecule has 3 N–H and O–H groups in total. The minimum atomic E-state index is -0.502. The van der Waals surface area contributed by atoms with Crippen LogP contribution in [-0.2, 0) is 0 Å². The molecule has 0 fully saturated rings. The largest absolute Gasteiger partial charge is 0.433 e. The Morgan fingerprint density at radius 3 is 2.77 bits per heavy atom. The van der Waals surface area contributed by atoms with Crippen LogP contribution < -0.4 is 15.8 Å². The number of nitrogens with one attached hydrogen (secondary N) is 1. The van der Waals surface area contributed by atoms with E-state index in [1.807, 2.05) is 0 Å². The number of anilines is 3. The molecular formula is C18H12ClFN4O2. The molecule has 0 amide bonds. The van der Waals surface area contributed by atoms with Gasteiger partial charge in [-0.3, -0.25) is 0 Å². The molecule has 3 aromatic heterocycles. The van der Waals surface area contributed by atoms with Gasteiger partial charge in [0.05, 0.1) is 10.4 Å². The number of pyridine rings is 2. The zero-order chi connectivity index (χ0) is 18.1. The highest BCUT2D eigenvalue weighted by Crippen LogP contribution is 2.39. The number of nitrogens with zero attached hydrogens (tertiary/aromatic N) is 2. The fourth-order valence-electron chi connectivity index (χ4n) is 2.44. The first-order valence-corrected chi connectivity index (χ1v) is 7.97. The zero-order valence-electron chi connectivity index (χ0n) is 13.2. The van der Waals surface area contributed by atoms with Gasteiger partial charge in [-0.05, 0) is 30.3 Å². The average Bonchev–Trinajstić information content (AvgIpc) is 2.96. The standard InChI is InChI=1S/C18H12ClFN4O2/c19-12-9-10(4-5-13(12)20)24-15-11-6-8-23-18(16(11)26-17(15)21)25-14-3-1-2-7-22-14/h1-9,24H,21H2. The van der Waals surface area contributed by atoms with Crippen molar-refractivity contribution in [2.24, 2.45) is 0 Å². The Kier molecular flexibility index (Phi) is 4.06. The minimum Gasteiger partial charge on any atom is -0.433 e. The van der Waals surface area contributed by atoms with Gasteiger partial charge in [0.25, 0.3) is 5.88 Å². The van der Waals surface area contributed by atoms with Gasteiger partial charge in [-0.15, -0.1) is 0 Å². The number of nitrogens with two attached hydrogens (primary N) is 1. The van der Waals surface area contributed by atoms with Crippen molar-refractivity contribution in [1.82, 2.24) is 9.97 Å². The molecule has 0 atom stereocenters. The molecule has 3 heterocycles. The lowest BCUT2D eigenvalue weighted by atomic mass is 10.2. The number of fused-ring (bicyclic) bond motifs is 1. The smallest absolute Gasteiger partial charge is 0.265 e. The SMILES string of the molecule is Nc1oc2c(Oc3ccccn3)nccc2c1Nc1ccc(F)c(Cl)c1. The Labute approximate surface area is 152 Å². The number of nitrogen functional groups attached to an aromatic ring is 1. The van der Waals surface area contributed by atoms with Gasteiger partial charge in [0, 0.05) is 24.1 Å². The second kappa shape index (κ2) is 6.53. The Hall–Kier alpha value is -3.32. The molecule has 6 nitrogen and oxygen atoms in total. The monoisotopic (exact) mass is 370 g/mol. The first-order valence-electron chi connectivity index (χ1n) is 7.60. The number of hydrogen-bond acceptors (Lipinski definition) is 6. The Bertz CT molecular complexity index is 1090. The third-order valence-corrected chi connectivity index (χ3v) is 3.92. The Morgan fingerprint density at radius 2 is 2.00 bits per heavy atom. The van der Waals surface area contributed by atoms with Crippen molar-refractivity contribution in [3.63, 3.8) is 0 Å². The summed E-state index contributed by atoms with van der Waals surface area (Å²) in [4.78, 5) is 8.27. The topological polar surface area (TPSA) is 86.2 Å². The number of rotatable bonds is 4. The molecule has 0 aliphatic rings. The van der Waals surface area contributed by atoms with E-state index in [1.165, 1.54) is 12.1 Å². The maximum atomic E-state index is 13.3. The van der Waals surface area contributed by atoms with Crippen LogP contribution >= 0.6 is 11.6 Å². The molecule has 0 aliphatic heterocycles. The zero-order valence-corrected chi connectivity index (χ0v) is 14.0. The molecule has 130 valence electrons. The van der Waals surface area contributed by atoms with E-state index < -0.39 is 5.82 Å². The molecule has 0 radical (unpaired) electrons. The quantitative estimate of drug-likeness (QED) is 0.517. The van der Waals surface area contributed by atoms with Gasteiger partial charge < -0.3 is 20.2 Å². The second-order valence-electron chi connectivity index (χ2n) is 5.36. The molecule has 1 aromatic carbocycles. The summed E-state index contributed by atoms with van der Waals surface area (Å²) in [6.07, 6.45) is 3.18. The van der Waals surface area contributed by atoms with Crippen molar-refractivity contribution in [1.29, 1.82) is 0 Å². The number of aromatic nitrogens is 2. The molecule has 0 bridgehead atoms. The van der Waals surface area contributed by atoms with Gasteiger partial charge in [0.1, 0.15) is 11.5 Å². The molecule has 0 aliphatic carbocycles. The van der Waals surface area contributed by atoms with Crippen LogP contribution in [-0.4, -0.2) is 9.97 Å². The summed E-state index contributed by atoms with van der Waals surface area (Å²) >= 11 is 5.82. The summed E-state index contributed by atoms with van der Waals surface area (Å²) in [5.41, 5.74) is 7.44. The molecule has 4 aromatic rings. The number of halogens is 2. The molecule has 4 rings (SSSR count). The summed E-state index contributed by atoms with van der Waals surface area (Å²) in [7, 11) is 0. The van der Waals surface area contributed by atoms with Gasteiger partial charge in [-0.25, -0.2) is 14.4 Å². The van der Waals surface area contributed by atoms with Gasteiger partial charge in [-0.2, -0.15) is 0 Å². The molecule has 26 heavy (non-hydrogen) atoms. The van der Waals surface area contributed by atoms with Crippen molar-refractivity contribution >= 4 is 39.8 Å². The number of hydrogen-bond donors (Lipinski definition) is 2. The summed E-state index contributed by atoms with van der Waals surface area (Å²) < 4.78 is 24.6. The van der Waals surface area contributed by atoms with Crippen LogP contribution in [0.3, 0.4) is 0 Å². The lowest BCUT2D eigenvalue weighted by molar-refractivity contribution is 0.439. The molecule has 0 unspecified atom stereocenters. The fourth-order valence-corrected chi connectivity index (χ4v) is 2.63. The van der Waals surface area contributed by atoms with Crippen molar-refractivity contribution in [2.75, 3.05) is 11.1 Å². The van der Waals surface area contributed by atoms with Crippen molar-refractivity contribution in [3.8, 4) is 11.8 Å². The normalized spacial score (nSPS) is 10.8. The van der Waals surface area contributed by atoms with E-state index in [0.717, 1.165) is 0 Å². The number of ether oxygens (including phenoxy) is 1. The van der Waals surface area contributed by atoms with E-state index in [-0.39, 0.29) is 16.8 Å². The highest BCUT2D eigenvalue weighted by molar-refractivity contribution is 6.31. The summed E-state index contributed by atoms with van der Waals surface area (Å²) in [5, 5.41) is 3.74. The first-order chi connectivity index (χ1) is 12.6. The first kappa shape index (κ1) is 16.2. The third-order valence-electron chi connectivity index (χ3n) is 3.63. The fraction of sp³-hybridized carbons (Fsp3) is 0. The Balaban J connectivity index is 1.73. The summed E-state index contributed by atoms with van der Waals surface area (Å²) in [6, 6.07) is 11.3. The van der Waals surface area contributed by atoms with E-state index in [4.69, 9.17) is 26.5 Å². The van der Waals surface area contributed by atoms with Gasteiger partial charge in [0.2, 0.25) is 17.3 Å². The van der Waals surface area contributed by atoms with E-state index >= 15 is 0 Å². The maximum absolute atomic E-state index is 13.3. The van der Waals surface area contributed by atoms with E-state index in [1.54, 1.807) is 42.7 Å². The predicted octanol–water partition coefficient (Wildman–Crippen LogP) is 5.13. The third kappa shape index (κ3) is 3.00. The molecule has 0 spiro atoms. The van der Waals surface area contributed by atoms with E-state index in [9.17, 15) is 4.39 Å². The lowest BCUT2D eigenvalue weighted by Gasteiger charge is -2.06. The van der Waals surface area contributed by atoms with Crippen molar-refractivity contribution in [2.45, 2.75) is 0 Å². The predicted molar refractivity (Wildman–Crippen MR) is 97.4 cm³/mol. The highest BCUT2D eigenvalue weighted by Gasteiger charge is 2.18. The molecule has 8 heteroatoms. The van der Waals surface area contributed by atoms with Crippen LogP contribution in [0.5, 0.6) is 11.8 Å². The maximum Gasteiger partial charge on any atom is 0.265 e.